The van der Waals surface area contributed by atoms with Crippen LogP contribution in [0.1, 0.15) is 26.3 Å². The molecule has 36 heavy (non-hydrogen) atoms. The van der Waals surface area contributed by atoms with Crippen molar-refractivity contribution in [2.45, 2.75) is 38.2 Å². The second-order valence-electron chi connectivity index (χ2n) is 9.09. The fourth-order valence-electron chi connectivity index (χ4n) is 3.46. The van der Waals surface area contributed by atoms with E-state index in [-0.39, 0.29) is 10.7 Å². The zero-order valence-corrected chi connectivity index (χ0v) is 23.3. The van der Waals surface area contributed by atoms with E-state index in [9.17, 15) is 13.2 Å². The van der Waals surface area contributed by atoms with Crippen molar-refractivity contribution in [2.24, 2.45) is 0 Å². The summed E-state index contributed by atoms with van der Waals surface area (Å²) >= 11 is 2.10. The Bertz CT molecular complexity index is 1560. The van der Waals surface area contributed by atoms with Crippen LogP contribution in [0.15, 0.2) is 59.9 Å². The molecule has 0 bridgehead atoms. The minimum atomic E-state index is -3.82. The summed E-state index contributed by atoms with van der Waals surface area (Å²) in [6.07, 6.45) is 4.07. The van der Waals surface area contributed by atoms with Gasteiger partial charge in [-0.05, 0) is 74.6 Å². The summed E-state index contributed by atoms with van der Waals surface area (Å²) in [5, 5.41) is 3.27. The molecule has 3 heterocycles. The van der Waals surface area contributed by atoms with Crippen molar-refractivity contribution in [2.75, 3.05) is 12.4 Å². The first-order valence-electron chi connectivity index (χ1n) is 10.9. The number of rotatable bonds is 5. The third-order valence-electron chi connectivity index (χ3n) is 5.17. The fourth-order valence-corrected chi connectivity index (χ4v) is 5.65. The highest BCUT2D eigenvalue weighted by Crippen LogP contribution is 2.32. The summed E-state index contributed by atoms with van der Waals surface area (Å²) in [4.78, 5) is 21.1. The van der Waals surface area contributed by atoms with Gasteiger partial charge in [0.15, 0.2) is 17.2 Å². The summed E-state index contributed by atoms with van der Waals surface area (Å²) in [5.74, 6) is 0.558. The van der Waals surface area contributed by atoms with Gasteiger partial charge in [0.25, 0.3) is 10.0 Å². The van der Waals surface area contributed by atoms with Crippen LogP contribution in [-0.4, -0.2) is 41.2 Å². The number of ether oxygens (including phenoxy) is 2. The molecule has 0 aliphatic rings. The first-order valence-corrected chi connectivity index (χ1v) is 13.4. The van der Waals surface area contributed by atoms with E-state index in [0.29, 0.717) is 27.9 Å². The number of anilines is 1. The standard InChI is InChI=1S/C25H25IN4O5S/c1-15-6-8-18(9-7-15)36(32,33)30-14-20(26)19-10-16(13-28-23(19)30)17-11-21(34-5)22(27-12-17)29-24(31)35-25(2,3)4/h6-14H,1-5H3,(H,27,29,31). The van der Waals surface area contributed by atoms with Gasteiger partial charge in [-0.1, -0.05) is 17.7 Å². The van der Waals surface area contributed by atoms with E-state index < -0.39 is 21.7 Å². The summed E-state index contributed by atoms with van der Waals surface area (Å²) in [6.45, 7) is 7.20. The lowest BCUT2D eigenvalue weighted by Gasteiger charge is -2.20. The first-order chi connectivity index (χ1) is 16.9. The van der Waals surface area contributed by atoms with Crippen LogP contribution in [0.4, 0.5) is 10.6 Å². The molecule has 11 heteroatoms. The molecular weight excluding hydrogens is 595 g/mol. The number of carbonyl (C=O) groups is 1. The molecule has 3 aromatic heterocycles. The number of fused-ring (bicyclic) bond motifs is 1. The number of pyridine rings is 2. The number of nitrogens with zero attached hydrogens (tertiary/aromatic N) is 3. The van der Waals surface area contributed by atoms with Gasteiger partial charge in [-0.3, -0.25) is 5.32 Å². The molecule has 1 N–H and O–H groups in total. The average molecular weight is 620 g/mol. The van der Waals surface area contributed by atoms with Crippen LogP contribution in [0, 0.1) is 10.5 Å². The predicted octanol–water partition coefficient (Wildman–Crippen LogP) is 5.60. The Kier molecular flexibility index (Phi) is 6.97. The molecule has 0 fully saturated rings. The number of nitrogens with one attached hydrogen (secondary N) is 1. The van der Waals surface area contributed by atoms with Gasteiger partial charge in [-0.15, -0.1) is 0 Å². The predicted molar refractivity (Wildman–Crippen MR) is 146 cm³/mol. The second kappa shape index (κ2) is 9.69. The van der Waals surface area contributed by atoms with E-state index in [0.717, 1.165) is 9.13 Å². The van der Waals surface area contributed by atoms with Gasteiger partial charge < -0.3 is 9.47 Å². The molecule has 0 radical (unpaired) electrons. The maximum absolute atomic E-state index is 13.3. The molecular formula is C25H25IN4O5S. The summed E-state index contributed by atoms with van der Waals surface area (Å²) in [7, 11) is -2.34. The molecule has 0 spiro atoms. The number of hydrogen-bond acceptors (Lipinski definition) is 7. The van der Waals surface area contributed by atoms with E-state index in [1.165, 1.54) is 11.1 Å². The number of aryl methyl sites for hydroxylation is 1. The molecule has 0 atom stereocenters. The molecule has 188 valence electrons. The van der Waals surface area contributed by atoms with Crippen LogP contribution < -0.4 is 10.1 Å². The minimum Gasteiger partial charge on any atom is -0.493 e. The smallest absolute Gasteiger partial charge is 0.413 e. The van der Waals surface area contributed by atoms with Gasteiger partial charge in [-0.25, -0.2) is 27.2 Å². The number of carbonyl (C=O) groups excluding carboxylic acids is 1. The van der Waals surface area contributed by atoms with Crippen molar-refractivity contribution in [1.82, 2.24) is 13.9 Å². The lowest BCUT2D eigenvalue weighted by molar-refractivity contribution is 0.0634. The summed E-state index contributed by atoms with van der Waals surface area (Å²) in [5.41, 5.74) is 2.03. The second-order valence-corrected chi connectivity index (χ2v) is 12.1. The summed E-state index contributed by atoms with van der Waals surface area (Å²) < 4.78 is 39.2. The first kappa shape index (κ1) is 25.9. The van der Waals surface area contributed by atoms with Gasteiger partial charge >= 0.3 is 6.09 Å². The molecule has 0 aliphatic heterocycles. The zero-order valence-electron chi connectivity index (χ0n) is 20.4. The van der Waals surface area contributed by atoms with E-state index in [1.807, 2.05) is 13.0 Å². The largest absolute Gasteiger partial charge is 0.493 e. The van der Waals surface area contributed by atoms with Crippen molar-refractivity contribution in [1.29, 1.82) is 0 Å². The van der Waals surface area contributed by atoms with Crippen LogP contribution in [-0.2, 0) is 14.8 Å². The number of halogens is 1. The third-order valence-corrected chi connectivity index (χ3v) is 7.69. The highest BCUT2D eigenvalue weighted by atomic mass is 127. The average Bonchev–Trinajstić information content (AvgIpc) is 3.15. The Morgan fingerprint density at radius 2 is 1.69 bits per heavy atom. The topological polar surface area (TPSA) is 112 Å². The normalized spacial score (nSPS) is 11.9. The molecule has 0 saturated heterocycles. The molecule has 9 nitrogen and oxygen atoms in total. The van der Waals surface area contributed by atoms with Crippen molar-refractivity contribution in [3.63, 3.8) is 0 Å². The molecule has 1 aromatic carbocycles. The van der Waals surface area contributed by atoms with E-state index >= 15 is 0 Å². The SMILES string of the molecule is COc1cc(-c2cnc3c(c2)c(I)cn3S(=O)(=O)c2ccc(C)cc2)cnc1NC(=O)OC(C)(C)C. The number of methoxy groups -OCH3 is 1. The molecule has 0 saturated carbocycles. The van der Waals surface area contributed by atoms with Gasteiger partial charge in [-0.2, -0.15) is 0 Å². The van der Waals surface area contributed by atoms with Crippen LogP contribution in [0.25, 0.3) is 22.2 Å². The Hall–Kier alpha value is -3.19. The third kappa shape index (κ3) is 5.31. The van der Waals surface area contributed by atoms with Crippen LogP contribution >= 0.6 is 22.6 Å². The van der Waals surface area contributed by atoms with E-state index in [2.05, 4.69) is 37.9 Å². The van der Waals surface area contributed by atoms with Gasteiger partial charge in [0.2, 0.25) is 0 Å². The number of aromatic nitrogens is 3. The molecule has 0 aliphatic carbocycles. The maximum atomic E-state index is 13.3. The molecule has 0 unspecified atom stereocenters. The van der Waals surface area contributed by atoms with Gasteiger partial charge in [0, 0.05) is 38.7 Å². The minimum absolute atomic E-state index is 0.189. The monoisotopic (exact) mass is 620 g/mol. The fraction of sp³-hybridized carbons (Fsp3) is 0.240. The quantitative estimate of drug-likeness (QED) is 0.289. The number of hydrogen-bond donors (Lipinski definition) is 1. The van der Waals surface area contributed by atoms with Crippen molar-refractivity contribution in [3.05, 3.63) is 64.1 Å². The van der Waals surface area contributed by atoms with Crippen LogP contribution in [0.5, 0.6) is 5.75 Å². The Morgan fingerprint density at radius 3 is 2.33 bits per heavy atom. The van der Waals surface area contributed by atoms with Crippen molar-refractivity contribution in [3.8, 4) is 16.9 Å². The van der Waals surface area contributed by atoms with Gasteiger partial charge in [0.05, 0.1) is 12.0 Å². The number of benzene rings is 1. The van der Waals surface area contributed by atoms with E-state index in [4.69, 9.17) is 9.47 Å². The number of amides is 1. The maximum Gasteiger partial charge on any atom is 0.413 e. The Labute approximate surface area is 223 Å². The van der Waals surface area contributed by atoms with Crippen LogP contribution in [0.3, 0.4) is 0 Å². The molecule has 1 amide bonds. The lowest BCUT2D eigenvalue weighted by atomic mass is 10.1. The van der Waals surface area contributed by atoms with Gasteiger partial charge in [0.1, 0.15) is 5.60 Å². The highest BCUT2D eigenvalue weighted by Gasteiger charge is 2.23. The Morgan fingerprint density at radius 1 is 1.06 bits per heavy atom. The molecule has 4 aromatic rings. The highest BCUT2D eigenvalue weighted by molar-refractivity contribution is 14.1. The lowest BCUT2D eigenvalue weighted by Crippen LogP contribution is -2.27. The Balaban J connectivity index is 1.70. The van der Waals surface area contributed by atoms with Crippen molar-refractivity contribution < 1.29 is 22.7 Å². The zero-order chi connectivity index (χ0) is 26.3. The van der Waals surface area contributed by atoms with Crippen molar-refractivity contribution >= 4 is 55.6 Å². The van der Waals surface area contributed by atoms with E-state index in [1.54, 1.807) is 69.7 Å². The summed E-state index contributed by atoms with van der Waals surface area (Å²) in [6, 6.07) is 10.3. The van der Waals surface area contributed by atoms with Crippen LogP contribution in [0.2, 0.25) is 0 Å². The molecule has 4 rings (SSSR count).